The molecule has 8 nitrogen and oxygen atoms in total. The van der Waals surface area contributed by atoms with Crippen LogP contribution < -0.4 is 14.3 Å². The Morgan fingerprint density at radius 2 is 1.69 bits per heavy atom. The molecule has 0 saturated carbocycles. The van der Waals surface area contributed by atoms with Gasteiger partial charge in [0.1, 0.15) is 13.2 Å². The first kappa shape index (κ1) is 24.0. The van der Waals surface area contributed by atoms with Crippen LogP contribution in [0.2, 0.25) is 0 Å². The van der Waals surface area contributed by atoms with Crippen molar-refractivity contribution in [2.45, 2.75) is 38.6 Å². The number of hydrogen-bond acceptors (Lipinski definition) is 6. The number of hydrogen-bond donors (Lipinski definition) is 0. The number of carbonyl (C=O) groups excluding carboxylic acids is 1. The Morgan fingerprint density at radius 3 is 2.31 bits per heavy atom. The summed E-state index contributed by atoms with van der Waals surface area (Å²) in [6.07, 6.45) is 1.03. The highest BCUT2D eigenvalue weighted by Gasteiger charge is 2.31. The Balaban J connectivity index is 1.43. The lowest BCUT2D eigenvalue weighted by atomic mass is 9.94. The van der Waals surface area contributed by atoms with Crippen molar-refractivity contribution in [2.24, 2.45) is 16.8 Å². The molecule has 1 saturated heterocycles. The van der Waals surface area contributed by atoms with Gasteiger partial charge >= 0.3 is 0 Å². The molecule has 1 fully saturated rings. The summed E-state index contributed by atoms with van der Waals surface area (Å²) < 4.78 is 42.1. The number of carbonyl (C=O) groups is 1. The van der Waals surface area contributed by atoms with Crippen LogP contribution in [0, 0.1) is 11.8 Å². The summed E-state index contributed by atoms with van der Waals surface area (Å²) in [5.74, 6) is 1.61. The second-order valence-corrected chi connectivity index (χ2v) is 12.2. The minimum atomic E-state index is -3.60. The summed E-state index contributed by atoms with van der Waals surface area (Å²) >= 11 is 1.41. The van der Waals surface area contributed by atoms with E-state index in [9.17, 15) is 13.2 Å². The van der Waals surface area contributed by atoms with Crippen molar-refractivity contribution in [2.75, 3.05) is 26.3 Å². The Kier molecular flexibility index (Phi) is 6.45. The number of sulfonamides is 1. The van der Waals surface area contributed by atoms with Gasteiger partial charge in [0.2, 0.25) is 10.0 Å². The van der Waals surface area contributed by atoms with Crippen LogP contribution in [0.1, 0.15) is 37.6 Å². The molecule has 5 rings (SSSR count). The minimum absolute atomic E-state index is 0.200. The molecule has 35 heavy (non-hydrogen) atoms. The first-order valence-electron chi connectivity index (χ1n) is 11.9. The Morgan fingerprint density at radius 1 is 1.06 bits per heavy atom. The first-order valence-corrected chi connectivity index (χ1v) is 14.1. The molecular weight excluding hydrogens is 486 g/mol. The summed E-state index contributed by atoms with van der Waals surface area (Å²) in [4.78, 5) is 18.1. The van der Waals surface area contributed by atoms with Crippen molar-refractivity contribution in [3.05, 3.63) is 46.8 Å². The highest BCUT2D eigenvalue weighted by Crippen LogP contribution is 2.35. The van der Waals surface area contributed by atoms with E-state index in [-0.39, 0.29) is 4.90 Å². The van der Waals surface area contributed by atoms with Gasteiger partial charge in [-0.15, -0.1) is 0 Å². The molecule has 0 aliphatic carbocycles. The maximum atomic E-state index is 13.1. The minimum Gasteiger partial charge on any atom is -0.486 e. The average molecular weight is 516 g/mol. The van der Waals surface area contributed by atoms with Crippen molar-refractivity contribution >= 4 is 37.5 Å². The number of rotatable bonds is 4. The highest BCUT2D eigenvalue weighted by atomic mass is 32.2. The van der Waals surface area contributed by atoms with E-state index in [4.69, 9.17) is 9.47 Å². The molecule has 0 spiro atoms. The van der Waals surface area contributed by atoms with E-state index in [0.717, 1.165) is 16.6 Å². The van der Waals surface area contributed by atoms with Gasteiger partial charge in [0.05, 0.1) is 15.1 Å². The lowest BCUT2D eigenvalue weighted by molar-refractivity contribution is 0.0997. The van der Waals surface area contributed by atoms with Crippen molar-refractivity contribution in [1.29, 1.82) is 0 Å². The van der Waals surface area contributed by atoms with Gasteiger partial charge in [-0.1, -0.05) is 25.2 Å². The molecule has 2 aliphatic heterocycles. The molecule has 0 N–H and O–H groups in total. The maximum Gasteiger partial charge on any atom is 0.279 e. The SMILES string of the molecule is CCn1c(=NC(=O)c2ccc(S(=O)(=O)N3CC(C)CC(C)C3)cc2)sc2cc3c(cc21)OCCO3. The van der Waals surface area contributed by atoms with Crippen LogP contribution >= 0.6 is 11.3 Å². The molecule has 0 radical (unpaired) electrons. The molecule has 0 bridgehead atoms. The quantitative estimate of drug-likeness (QED) is 0.526. The Labute approximate surface area is 208 Å². The number of thiazole rings is 1. The van der Waals surface area contributed by atoms with Crippen LogP contribution in [0.4, 0.5) is 0 Å². The van der Waals surface area contributed by atoms with Crippen LogP contribution in [0.15, 0.2) is 46.3 Å². The molecule has 1 amide bonds. The second kappa shape index (κ2) is 9.40. The van der Waals surface area contributed by atoms with Gasteiger partial charge in [-0.25, -0.2) is 8.42 Å². The predicted molar refractivity (Wildman–Crippen MR) is 135 cm³/mol. The van der Waals surface area contributed by atoms with Crippen molar-refractivity contribution < 1.29 is 22.7 Å². The number of ether oxygens (including phenoxy) is 2. The van der Waals surface area contributed by atoms with E-state index in [1.807, 2.05) is 23.6 Å². The van der Waals surface area contributed by atoms with E-state index in [1.54, 1.807) is 16.4 Å². The number of aromatic nitrogens is 1. The van der Waals surface area contributed by atoms with Gasteiger partial charge in [0, 0.05) is 37.3 Å². The van der Waals surface area contributed by atoms with Crippen molar-refractivity contribution in [1.82, 2.24) is 8.87 Å². The number of nitrogens with zero attached hydrogens (tertiary/aromatic N) is 3. The van der Waals surface area contributed by atoms with Crippen LogP contribution in [0.25, 0.3) is 10.2 Å². The van der Waals surface area contributed by atoms with Gasteiger partial charge in [-0.3, -0.25) is 4.79 Å². The van der Waals surface area contributed by atoms with Gasteiger partial charge in [0.15, 0.2) is 16.3 Å². The number of piperidine rings is 1. The molecular formula is C25H29N3O5S2. The lowest BCUT2D eigenvalue weighted by Crippen LogP contribution is -2.42. The Bertz CT molecular complexity index is 1430. The maximum absolute atomic E-state index is 13.1. The zero-order valence-corrected chi connectivity index (χ0v) is 21.7. The molecule has 3 aromatic rings. The third kappa shape index (κ3) is 4.62. The van der Waals surface area contributed by atoms with E-state index in [0.29, 0.717) is 66.5 Å². The number of amides is 1. The normalized spacial score (nSPS) is 21.4. The van der Waals surface area contributed by atoms with E-state index in [2.05, 4.69) is 18.8 Å². The van der Waals surface area contributed by atoms with E-state index >= 15 is 0 Å². The van der Waals surface area contributed by atoms with Crippen LogP contribution in [0.5, 0.6) is 11.5 Å². The van der Waals surface area contributed by atoms with Crippen LogP contribution in [-0.4, -0.2) is 49.5 Å². The summed E-state index contributed by atoms with van der Waals surface area (Å²) in [5, 5.41) is 0. The topological polar surface area (TPSA) is 90.2 Å². The summed E-state index contributed by atoms with van der Waals surface area (Å²) in [5.41, 5.74) is 1.27. The fraction of sp³-hybridized carbons (Fsp3) is 0.440. The fourth-order valence-corrected chi connectivity index (χ4v) is 7.65. The summed E-state index contributed by atoms with van der Waals surface area (Å²) in [7, 11) is -3.60. The van der Waals surface area contributed by atoms with Gasteiger partial charge in [-0.05, 0) is 49.4 Å². The predicted octanol–water partition coefficient (Wildman–Crippen LogP) is 3.90. The van der Waals surface area contributed by atoms with Crippen LogP contribution in [0.3, 0.4) is 0 Å². The lowest BCUT2D eigenvalue weighted by Gasteiger charge is -2.34. The third-order valence-corrected chi connectivity index (χ3v) is 9.32. The molecule has 2 atom stereocenters. The third-order valence-electron chi connectivity index (χ3n) is 6.43. The van der Waals surface area contributed by atoms with Crippen molar-refractivity contribution in [3.8, 4) is 11.5 Å². The first-order chi connectivity index (χ1) is 16.8. The number of benzene rings is 2. The fourth-order valence-electron chi connectivity index (χ4n) is 4.87. The van der Waals surface area contributed by atoms with Crippen LogP contribution in [-0.2, 0) is 16.6 Å². The summed E-state index contributed by atoms with van der Waals surface area (Å²) in [6.45, 7) is 8.84. The zero-order valence-electron chi connectivity index (χ0n) is 20.1. The van der Waals surface area contributed by atoms with E-state index in [1.165, 1.54) is 23.5 Å². The standard InChI is InChI=1S/C25H29N3O5S2/c1-4-28-20-12-21-22(33-10-9-32-21)13-23(20)34-25(28)26-24(29)18-5-7-19(8-6-18)35(30,31)27-14-16(2)11-17(3)15-27/h5-8,12-13,16-17H,4,9-11,14-15H2,1-3H3. The number of fused-ring (bicyclic) bond motifs is 2. The van der Waals surface area contributed by atoms with Gasteiger partial charge < -0.3 is 14.0 Å². The largest absolute Gasteiger partial charge is 0.486 e. The van der Waals surface area contributed by atoms with Crippen molar-refractivity contribution in [3.63, 3.8) is 0 Å². The zero-order chi connectivity index (χ0) is 24.7. The number of aryl methyl sites for hydroxylation is 1. The molecule has 2 aromatic carbocycles. The molecule has 186 valence electrons. The molecule has 3 heterocycles. The van der Waals surface area contributed by atoms with Gasteiger partial charge in [-0.2, -0.15) is 9.30 Å². The Hall–Kier alpha value is -2.69. The molecule has 10 heteroatoms. The van der Waals surface area contributed by atoms with Gasteiger partial charge in [0.25, 0.3) is 5.91 Å². The smallest absolute Gasteiger partial charge is 0.279 e. The summed E-state index contributed by atoms with van der Waals surface area (Å²) in [6, 6.07) is 9.94. The molecule has 1 aromatic heterocycles. The second-order valence-electron chi connectivity index (χ2n) is 9.30. The van der Waals surface area contributed by atoms with E-state index < -0.39 is 15.9 Å². The molecule has 2 unspecified atom stereocenters. The monoisotopic (exact) mass is 515 g/mol. The highest BCUT2D eigenvalue weighted by molar-refractivity contribution is 7.89. The molecule has 2 aliphatic rings. The average Bonchev–Trinajstić information content (AvgIpc) is 3.17.